The van der Waals surface area contributed by atoms with E-state index in [0.717, 1.165) is 0 Å². The van der Waals surface area contributed by atoms with Crippen molar-refractivity contribution < 1.29 is 28.4 Å². The number of carbonyl (C=O) groups excluding carboxylic acids is 3. The summed E-state index contributed by atoms with van der Waals surface area (Å²) in [5.74, 6) is -1.00. The van der Waals surface area contributed by atoms with Crippen molar-refractivity contribution >= 4 is 25.0 Å². The Kier molecular flexibility index (Phi) is 8.97. The molecule has 2 N–H and O–H groups in total. The Morgan fingerprint density at radius 2 is 1.51 bits per heavy atom. The van der Waals surface area contributed by atoms with Crippen LogP contribution in [0.5, 0.6) is 0 Å². The lowest BCUT2D eigenvalue weighted by atomic mass is 9.72. The molecule has 2 saturated heterocycles. The second kappa shape index (κ2) is 10.7. The molecule has 0 saturated carbocycles. The van der Waals surface area contributed by atoms with E-state index in [2.05, 4.69) is 10.6 Å². The Labute approximate surface area is 211 Å². The van der Waals surface area contributed by atoms with Gasteiger partial charge in [-0.05, 0) is 73.1 Å². The summed E-state index contributed by atoms with van der Waals surface area (Å²) in [4.78, 5) is 40.9. The number of carbonyl (C=O) groups is 3. The first-order valence-corrected chi connectivity index (χ1v) is 12.8. The summed E-state index contributed by atoms with van der Waals surface area (Å²) in [6, 6.07) is -1.41. The fourth-order valence-corrected chi connectivity index (χ4v) is 4.27. The van der Waals surface area contributed by atoms with Gasteiger partial charge in [0.2, 0.25) is 11.8 Å². The normalized spacial score (nSPS) is 23.4. The molecule has 200 valence electrons. The number of hydrogen-bond acceptors (Lipinski definition) is 6. The highest BCUT2D eigenvalue weighted by Gasteiger charge is 2.55. The van der Waals surface area contributed by atoms with Gasteiger partial charge >= 0.3 is 13.2 Å². The van der Waals surface area contributed by atoms with Crippen molar-refractivity contribution in [1.82, 2.24) is 15.5 Å². The van der Waals surface area contributed by atoms with Crippen LogP contribution >= 0.6 is 0 Å². The first-order chi connectivity index (χ1) is 15.9. The number of rotatable bonds is 7. The quantitative estimate of drug-likeness (QED) is 0.525. The van der Waals surface area contributed by atoms with Crippen molar-refractivity contribution in [3.05, 3.63) is 0 Å². The predicted molar refractivity (Wildman–Crippen MR) is 136 cm³/mol. The fourth-order valence-electron chi connectivity index (χ4n) is 4.27. The summed E-state index contributed by atoms with van der Waals surface area (Å²) in [6.45, 7) is 21.4. The molecule has 2 aliphatic heterocycles. The first-order valence-electron chi connectivity index (χ1n) is 12.8. The number of amides is 3. The molecular weight excluding hydrogens is 449 g/mol. The smallest absolute Gasteiger partial charge is 0.444 e. The van der Waals surface area contributed by atoms with Crippen LogP contribution in [0.4, 0.5) is 4.79 Å². The van der Waals surface area contributed by atoms with Crippen molar-refractivity contribution in [2.45, 2.75) is 124 Å². The van der Waals surface area contributed by atoms with E-state index in [0.29, 0.717) is 19.4 Å². The lowest BCUT2D eigenvalue weighted by Gasteiger charge is -2.32. The third kappa shape index (κ3) is 7.12. The highest BCUT2D eigenvalue weighted by atomic mass is 16.7. The molecule has 2 heterocycles. The molecule has 2 aliphatic rings. The monoisotopic (exact) mass is 495 g/mol. The van der Waals surface area contributed by atoms with Gasteiger partial charge in [0.05, 0.1) is 17.1 Å². The summed E-state index contributed by atoms with van der Waals surface area (Å²) in [7, 11) is -0.591. The Balaban J connectivity index is 2.14. The molecule has 9 nitrogen and oxygen atoms in total. The number of nitrogens with one attached hydrogen (secondary N) is 2. The largest absolute Gasteiger partial charge is 0.482 e. The highest BCUT2D eigenvalue weighted by Crippen LogP contribution is 2.38. The maximum Gasteiger partial charge on any atom is 0.482 e. The van der Waals surface area contributed by atoms with Crippen LogP contribution in [0.3, 0.4) is 0 Å². The van der Waals surface area contributed by atoms with E-state index in [4.69, 9.17) is 14.0 Å². The molecule has 0 aliphatic carbocycles. The Morgan fingerprint density at radius 3 is 1.97 bits per heavy atom. The summed E-state index contributed by atoms with van der Waals surface area (Å²) >= 11 is 0. The second-order valence-electron chi connectivity index (χ2n) is 12.5. The average molecular weight is 495 g/mol. The number of nitrogens with zero attached hydrogens (tertiary/aromatic N) is 1. The summed E-state index contributed by atoms with van der Waals surface area (Å²) in [5, 5.41) is 5.81. The van der Waals surface area contributed by atoms with Gasteiger partial charge in [0.25, 0.3) is 0 Å². The van der Waals surface area contributed by atoms with Gasteiger partial charge in [-0.3, -0.25) is 9.59 Å². The van der Waals surface area contributed by atoms with Crippen LogP contribution in [0.15, 0.2) is 0 Å². The molecule has 0 aromatic carbocycles. The van der Waals surface area contributed by atoms with Crippen LogP contribution < -0.4 is 10.6 Å². The zero-order valence-corrected chi connectivity index (χ0v) is 23.5. The minimum atomic E-state index is -0.790. The molecule has 2 fully saturated rings. The molecule has 0 spiro atoms. The molecule has 2 unspecified atom stereocenters. The molecule has 35 heavy (non-hydrogen) atoms. The lowest BCUT2D eigenvalue weighted by Crippen LogP contribution is -2.58. The topological polar surface area (TPSA) is 106 Å². The standard InChI is InChI=1S/C25H46BN3O6/c1-15(2)18(27-22(32)33-23(5,6)7)21(31)29-14-12-13-17(29)20(30)28-19(16(3)4)26-34-24(8,9)25(10,11)35-26/h15-19H,12-14H2,1-11H3,(H,27,32)(H,28,30)/t17?,18-,19?/m0/s1. The molecule has 3 amide bonds. The van der Waals surface area contributed by atoms with Gasteiger partial charge in [-0.15, -0.1) is 0 Å². The van der Waals surface area contributed by atoms with Crippen molar-refractivity contribution in [2.75, 3.05) is 6.54 Å². The van der Waals surface area contributed by atoms with Crippen molar-refractivity contribution in [3.8, 4) is 0 Å². The van der Waals surface area contributed by atoms with E-state index in [1.54, 1.807) is 25.7 Å². The van der Waals surface area contributed by atoms with Crippen molar-refractivity contribution in [2.24, 2.45) is 11.8 Å². The predicted octanol–water partition coefficient (Wildman–Crippen LogP) is 3.30. The van der Waals surface area contributed by atoms with Crippen LogP contribution in [-0.2, 0) is 23.6 Å². The minimum Gasteiger partial charge on any atom is -0.444 e. The first kappa shape index (κ1) is 29.4. The van der Waals surface area contributed by atoms with Gasteiger partial charge in [0, 0.05) is 6.54 Å². The van der Waals surface area contributed by atoms with E-state index >= 15 is 0 Å². The SMILES string of the molecule is CC(C)C(NC(=O)C1CCCN1C(=O)[C@@H](NC(=O)OC(C)(C)C)C(C)C)B1OC(C)(C)C(C)(C)O1. The van der Waals surface area contributed by atoms with E-state index in [9.17, 15) is 14.4 Å². The second-order valence-corrected chi connectivity index (χ2v) is 12.5. The molecule has 3 atom stereocenters. The number of hydrogen-bond donors (Lipinski definition) is 2. The van der Waals surface area contributed by atoms with Crippen molar-refractivity contribution in [1.29, 1.82) is 0 Å². The number of alkyl carbamates (subject to hydrolysis) is 1. The fraction of sp³-hybridized carbons (Fsp3) is 0.880. The Hall–Kier alpha value is -1.81. The third-order valence-corrected chi connectivity index (χ3v) is 7.04. The average Bonchev–Trinajstić information content (AvgIpc) is 3.24. The third-order valence-electron chi connectivity index (χ3n) is 7.04. The maximum atomic E-state index is 13.5. The van der Waals surface area contributed by atoms with Crippen LogP contribution in [0.2, 0.25) is 0 Å². The van der Waals surface area contributed by atoms with Gasteiger partial charge in [-0.1, -0.05) is 27.7 Å². The van der Waals surface area contributed by atoms with Gasteiger partial charge in [0.1, 0.15) is 17.7 Å². The Morgan fingerprint density at radius 1 is 0.971 bits per heavy atom. The highest BCUT2D eigenvalue weighted by molar-refractivity contribution is 6.48. The van der Waals surface area contributed by atoms with E-state index < -0.39 is 42.1 Å². The molecular formula is C25H46BN3O6. The molecule has 2 rings (SSSR count). The zero-order valence-electron chi connectivity index (χ0n) is 23.5. The minimum absolute atomic E-state index is 0.0523. The summed E-state index contributed by atoms with van der Waals surface area (Å²) in [5.41, 5.74) is -1.70. The number of likely N-dealkylation sites (tertiary alicyclic amines) is 1. The van der Waals surface area contributed by atoms with Gasteiger partial charge in [-0.2, -0.15) is 0 Å². The zero-order chi connectivity index (χ0) is 26.9. The van der Waals surface area contributed by atoms with Crippen LogP contribution in [0, 0.1) is 11.8 Å². The van der Waals surface area contributed by atoms with E-state index in [1.807, 2.05) is 55.4 Å². The summed E-state index contributed by atoms with van der Waals surface area (Å²) in [6.07, 6.45) is 0.623. The molecule has 0 aromatic heterocycles. The molecule has 0 radical (unpaired) electrons. The van der Waals surface area contributed by atoms with Crippen molar-refractivity contribution in [3.63, 3.8) is 0 Å². The van der Waals surface area contributed by atoms with Gasteiger partial charge in [-0.25, -0.2) is 4.79 Å². The molecule has 0 bridgehead atoms. The van der Waals surface area contributed by atoms with Gasteiger partial charge < -0.3 is 29.6 Å². The van der Waals surface area contributed by atoms with E-state index in [1.165, 1.54) is 0 Å². The van der Waals surface area contributed by atoms with Gasteiger partial charge in [0.15, 0.2) is 0 Å². The Bertz CT molecular complexity index is 777. The maximum absolute atomic E-state index is 13.5. The van der Waals surface area contributed by atoms with Crippen LogP contribution in [-0.4, -0.2) is 71.3 Å². The van der Waals surface area contributed by atoms with Crippen LogP contribution in [0.1, 0.15) is 89.0 Å². The van der Waals surface area contributed by atoms with E-state index in [-0.39, 0.29) is 29.6 Å². The molecule has 0 aromatic rings. The number of ether oxygens (including phenoxy) is 1. The molecule has 10 heteroatoms. The lowest BCUT2D eigenvalue weighted by molar-refractivity contribution is -0.141. The van der Waals surface area contributed by atoms with Crippen LogP contribution in [0.25, 0.3) is 0 Å². The summed E-state index contributed by atoms with van der Waals surface area (Å²) < 4.78 is 17.7.